The van der Waals surface area contributed by atoms with Crippen LogP contribution < -0.4 is 0 Å². The van der Waals surface area contributed by atoms with Gasteiger partial charge in [-0.05, 0) is 48.9 Å². The summed E-state index contributed by atoms with van der Waals surface area (Å²) >= 11 is 5.75. The molecule has 2 aromatic carbocycles. The van der Waals surface area contributed by atoms with Crippen molar-refractivity contribution in [3.8, 4) is 0 Å². The van der Waals surface area contributed by atoms with E-state index in [1.165, 1.54) is 24.3 Å². The van der Waals surface area contributed by atoms with Crippen molar-refractivity contribution in [2.45, 2.75) is 21.5 Å². The molecular weight excluding hydrogens is 408 g/mol. The van der Waals surface area contributed by atoms with E-state index in [9.17, 15) is 25.6 Å². The van der Waals surface area contributed by atoms with Crippen LogP contribution >= 0.6 is 11.6 Å². The van der Waals surface area contributed by atoms with Crippen molar-refractivity contribution in [2.75, 3.05) is 13.1 Å². The molecule has 0 spiro atoms. The van der Waals surface area contributed by atoms with Crippen molar-refractivity contribution >= 4 is 31.5 Å². The zero-order valence-corrected chi connectivity index (χ0v) is 15.7. The number of sulfone groups is 1. The van der Waals surface area contributed by atoms with Crippen molar-refractivity contribution in [3.05, 3.63) is 59.1 Å². The fourth-order valence-corrected chi connectivity index (χ4v) is 6.29. The quantitative estimate of drug-likeness (QED) is 0.761. The zero-order valence-electron chi connectivity index (χ0n) is 13.3. The average molecular weight is 422 g/mol. The third-order valence-electron chi connectivity index (χ3n) is 4.20. The molecule has 0 amide bonds. The number of hydrogen-bond acceptors (Lipinski definition) is 4. The number of sulfonamides is 1. The molecule has 1 saturated heterocycles. The summed E-state index contributed by atoms with van der Waals surface area (Å²) in [5.41, 5.74) is 0. The third kappa shape index (κ3) is 3.48. The Hall–Kier alpha value is -1.55. The summed E-state index contributed by atoms with van der Waals surface area (Å²) < 4.78 is 78.5. The molecule has 2 aromatic rings. The van der Waals surface area contributed by atoms with Gasteiger partial charge in [-0.2, -0.15) is 4.31 Å². The molecule has 1 aliphatic rings. The summed E-state index contributed by atoms with van der Waals surface area (Å²) in [4.78, 5) is -0.773. The van der Waals surface area contributed by atoms with Crippen LogP contribution in [0.1, 0.15) is 6.42 Å². The molecule has 1 heterocycles. The van der Waals surface area contributed by atoms with Crippen LogP contribution in [0, 0.1) is 11.6 Å². The summed E-state index contributed by atoms with van der Waals surface area (Å²) in [7, 11) is -8.12. The summed E-state index contributed by atoms with van der Waals surface area (Å²) in [6.07, 6.45) is 0.0567. The Labute approximate surface area is 155 Å². The maximum Gasteiger partial charge on any atom is 0.246 e. The van der Waals surface area contributed by atoms with Gasteiger partial charge in [0.05, 0.1) is 10.1 Å². The predicted molar refractivity (Wildman–Crippen MR) is 92.2 cm³/mol. The predicted octanol–water partition coefficient (Wildman–Crippen LogP) is 2.86. The van der Waals surface area contributed by atoms with Crippen LogP contribution in [0.2, 0.25) is 5.02 Å². The van der Waals surface area contributed by atoms with E-state index >= 15 is 0 Å². The Morgan fingerprint density at radius 1 is 1.00 bits per heavy atom. The molecular formula is C16H14ClF2NO4S2. The van der Waals surface area contributed by atoms with E-state index in [4.69, 9.17) is 11.6 Å². The highest BCUT2D eigenvalue weighted by Gasteiger charge is 2.40. The minimum absolute atomic E-state index is 0.0306. The van der Waals surface area contributed by atoms with Gasteiger partial charge in [-0.1, -0.05) is 11.6 Å². The zero-order chi connectivity index (χ0) is 19.1. The van der Waals surface area contributed by atoms with Gasteiger partial charge >= 0.3 is 0 Å². The van der Waals surface area contributed by atoms with Gasteiger partial charge in [0.25, 0.3) is 0 Å². The van der Waals surface area contributed by atoms with Gasteiger partial charge in [-0.3, -0.25) is 0 Å². The first-order chi connectivity index (χ1) is 12.1. The van der Waals surface area contributed by atoms with E-state index in [0.29, 0.717) is 11.1 Å². The van der Waals surface area contributed by atoms with E-state index in [0.717, 1.165) is 16.4 Å². The fraction of sp³-hybridized carbons (Fsp3) is 0.250. The number of benzene rings is 2. The van der Waals surface area contributed by atoms with Gasteiger partial charge in [0, 0.05) is 18.1 Å². The van der Waals surface area contributed by atoms with Crippen LogP contribution in [0.15, 0.2) is 52.3 Å². The number of hydrogen-bond donors (Lipinski definition) is 0. The molecule has 0 saturated carbocycles. The van der Waals surface area contributed by atoms with Gasteiger partial charge in [-0.25, -0.2) is 25.6 Å². The molecule has 0 bridgehead atoms. The standard InChI is InChI=1S/C16H14ClF2NO4S2/c17-11-1-4-13(5-2-11)25(21,22)14-7-8-20(10-14)26(23,24)16-9-12(18)3-6-15(16)19/h1-6,9,14H,7-8,10H2/t14-/m1/s1. The van der Waals surface area contributed by atoms with E-state index in [-0.39, 0.29) is 24.4 Å². The minimum atomic E-state index is -4.34. The molecule has 0 aliphatic carbocycles. The average Bonchev–Trinajstić information content (AvgIpc) is 3.09. The van der Waals surface area contributed by atoms with Gasteiger partial charge < -0.3 is 0 Å². The smallest absolute Gasteiger partial charge is 0.223 e. The second kappa shape index (κ2) is 6.88. The molecule has 0 radical (unpaired) electrons. The molecule has 10 heteroatoms. The Bertz CT molecular complexity index is 1040. The van der Waals surface area contributed by atoms with Gasteiger partial charge in [0.1, 0.15) is 16.5 Å². The topological polar surface area (TPSA) is 71.5 Å². The van der Waals surface area contributed by atoms with Crippen LogP contribution in [0.25, 0.3) is 0 Å². The molecule has 1 fully saturated rings. The first-order valence-corrected chi connectivity index (χ1v) is 10.9. The van der Waals surface area contributed by atoms with Crippen molar-refractivity contribution in [3.63, 3.8) is 0 Å². The molecule has 0 aromatic heterocycles. The van der Waals surface area contributed by atoms with E-state index < -0.39 is 41.6 Å². The fourth-order valence-electron chi connectivity index (χ4n) is 2.80. The van der Waals surface area contributed by atoms with Crippen LogP contribution in [-0.4, -0.2) is 39.5 Å². The Morgan fingerprint density at radius 3 is 2.31 bits per heavy atom. The lowest BCUT2D eigenvalue weighted by molar-refractivity contribution is 0.467. The maximum absolute atomic E-state index is 13.8. The summed E-state index contributed by atoms with van der Waals surface area (Å²) in [5.74, 6) is -1.98. The second-order valence-corrected chi connectivity index (χ2v) is 10.4. The molecule has 1 atom stereocenters. The highest BCUT2D eigenvalue weighted by Crippen LogP contribution is 2.29. The Balaban J connectivity index is 1.88. The first-order valence-electron chi connectivity index (χ1n) is 7.57. The second-order valence-electron chi connectivity index (χ2n) is 5.85. The summed E-state index contributed by atoms with van der Waals surface area (Å²) in [5, 5.41) is -0.601. The Morgan fingerprint density at radius 2 is 1.65 bits per heavy atom. The highest BCUT2D eigenvalue weighted by molar-refractivity contribution is 7.92. The van der Waals surface area contributed by atoms with Crippen molar-refractivity contribution in [1.29, 1.82) is 0 Å². The SMILES string of the molecule is O=S(=O)(c1ccc(Cl)cc1)[C@@H]1CCN(S(=O)(=O)c2cc(F)ccc2F)C1. The van der Waals surface area contributed by atoms with Crippen molar-refractivity contribution < 1.29 is 25.6 Å². The van der Waals surface area contributed by atoms with Crippen LogP contribution in [0.3, 0.4) is 0 Å². The minimum Gasteiger partial charge on any atom is -0.223 e. The molecule has 1 aliphatic heterocycles. The number of rotatable bonds is 4. The molecule has 26 heavy (non-hydrogen) atoms. The number of halogens is 3. The molecule has 140 valence electrons. The van der Waals surface area contributed by atoms with Gasteiger partial charge in [-0.15, -0.1) is 0 Å². The van der Waals surface area contributed by atoms with E-state index in [2.05, 4.69) is 0 Å². The number of nitrogens with zero attached hydrogens (tertiary/aromatic N) is 1. The monoisotopic (exact) mass is 421 g/mol. The lowest BCUT2D eigenvalue weighted by Gasteiger charge is -2.17. The lowest BCUT2D eigenvalue weighted by atomic mass is 10.3. The van der Waals surface area contributed by atoms with Crippen molar-refractivity contribution in [2.24, 2.45) is 0 Å². The maximum atomic E-state index is 13.8. The van der Waals surface area contributed by atoms with Gasteiger partial charge in [0.2, 0.25) is 10.0 Å². The van der Waals surface area contributed by atoms with Crippen LogP contribution in [0.5, 0.6) is 0 Å². The van der Waals surface area contributed by atoms with Crippen molar-refractivity contribution in [1.82, 2.24) is 4.31 Å². The molecule has 3 rings (SSSR count). The lowest BCUT2D eigenvalue weighted by Crippen LogP contribution is -2.32. The van der Waals surface area contributed by atoms with E-state index in [1.807, 2.05) is 0 Å². The summed E-state index contributed by atoms with van der Waals surface area (Å²) in [6.45, 7) is -0.432. The largest absolute Gasteiger partial charge is 0.246 e. The summed E-state index contributed by atoms with van der Waals surface area (Å²) in [6, 6.07) is 7.68. The normalized spacial score (nSPS) is 19.0. The molecule has 0 N–H and O–H groups in total. The van der Waals surface area contributed by atoms with Crippen LogP contribution in [-0.2, 0) is 19.9 Å². The highest BCUT2D eigenvalue weighted by atomic mass is 35.5. The molecule has 0 unspecified atom stereocenters. The van der Waals surface area contributed by atoms with Gasteiger partial charge in [0.15, 0.2) is 9.84 Å². The Kier molecular flexibility index (Phi) is 5.08. The third-order valence-corrected chi connectivity index (χ3v) is 8.52. The first kappa shape index (κ1) is 19.2. The van der Waals surface area contributed by atoms with E-state index in [1.54, 1.807) is 0 Å². The van der Waals surface area contributed by atoms with Crippen LogP contribution in [0.4, 0.5) is 8.78 Å². The molecule has 5 nitrogen and oxygen atoms in total.